The molecule has 1 fully saturated rings. The Morgan fingerprint density at radius 3 is 2.94 bits per heavy atom. The van der Waals surface area contributed by atoms with E-state index in [1.807, 2.05) is 0 Å². The van der Waals surface area contributed by atoms with E-state index in [0.29, 0.717) is 29.6 Å². The van der Waals surface area contributed by atoms with Crippen molar-refractivity contribution in [3.63, 3.8) is 0 Å². The van der Waals surface area contributed by atoms with Gasteiger partial charge in [-0.25, -0.2) is 0 Å². The number of amides is 1. The van der Waals surface area contributed by atoms with Crippen LogP contribution in [0.4, 0.5) is 11.4 Å². The molecule has 17 heavy (non-hydrogen) atoms. The summed E-state index contributed by atoms with van der Waals surface area (Å²) >= 11 is 5.85. The number of halogens is 1. The molecule has 3 N–H and O–H groups in total. The van der Waals surface area contributed by atoms with Crippen LogP contribution in [0.2, 0.25) is 5.02 Å². The third-order valence-electron chi connectivity index (χ3n) is 2.38. The van der Waals surface area contributed by atoms with Crippen molar-refractivity contribution in [1.82, 2.24) is 0 Å². The number of hydrogen-bond acceptors (Lipinski definition) is 4. The first-order valence-corrected chi connectivity index (χ1v) is 5.60. The fraction of sp³-hybridized carbons (Fsp3) is 0.364. The van der Waals surface area contributed by atoms with Crippen molar-refractivity contribution in [2.75, 3.05) is 30.9 Å². The largest absolute Gasteiger partial charge is 0.398 e. The molecule has 0 bridgehead atoms. The molecule has 1 amide bonds. The van der Waals surface area contributed by atoms with E-state index in [4.69, 9.17) is 26.8 Å². The molecular formula is C11H13ClN2O3. The van der Waals surface area contributed by atoms with Crippen LogP contribution in [0.25, 0.3) is 0 Å². The normalized spacial score (nSPS) is 19.9. The van der Waals surface area contributed by atoms with Gasteiger partial charge in [-0.05, 0) is 18.2 Å². The van der Waals surface area contributed by atoms with Crippen LogP contribution in [0.15, 0.2) is 18.2 Å². The Labute approximate surface area is 104 Å². The Kier molecular flexibility index (Phi) is 3.83. The number of benzene rings is 1. The first-order chi connectivity index (χ1) is 8.16. The van der Waals surface area contributed by atoms with Gasteiger partial charge in [0.2, 0.25) is 0 Å². The number of nitrogens with one attached hydrogen (secondary N) is 1. The lowest BCUT2D eigenvalue weighted by Crippen LogP contribution is -2.39. The van der Waals surface area contributed by atoms with Gasteiger partial charge in [-0.15, -0.1) is 0 Å². The van der Waals surface area contributed by atoms with E-state index in [1.54, 1.807) is 18.2 Å². The van der Waals surface area contributed by atoms with Gasteiger partial charge in [-0.3, -0.25) is 4.79 Å². The molecule has 0 aromatic heterocycles. The second-order valence-corrected chi connectivity index (χ2v) is 4.07. The second kappa shape index (κ2) is 5.35. The van der Waals surface area contributed by atoms with Crippen LogP contribution in [0, 0.1) is 0 Å². The molecule has 1 aromatic carbocycles. The Hall–Kier alpha value is -1.30. The summed E-state index contributed by atoms with van der Waals surface area (Å²) in [6.45, 7) is 1.23. The molecule has 1 saturated heterocycles. The summed E-state index contributed by atoms with van der Waals surface area (Å²) in [6.07, 6.45) is -0.569. The first-order valence-electron chi connectivity index (χ1n) is 5.22. The van der Waals surface area contributed by atoms with E-state index < -0.39 is 6.10 Å². The van der Waals surface area contributed by atoms with Gasteiger partial charge in [0, 0.05) is 5.69 Å². The van der Waals surface area contributed by atoms with Crippen LogP contribution in [0.1, 0.15) is 0 Å². The lowest BCUT2D eigenvalue weighted by Gasteiger charge is -2.22. The SMILES string of the molecule is Nc1ccc(NC(=O)C2COCCO2)cc1Cl. The molecule has 5 nitrogen and oxygen atoms in total. The van der Waals surface area contributed by atoms with Gasteiger partial charge in [-0.1, -0.05) is 11.6 Å². The average Bonchev–Trinajstić information content (AvgIpc) is 2.35. The summed E-state index contributed by atoms with van der Waals surface area (Å²) in [7, 11) is 0. The number of ether oxygens (including phenoxy) is 2. The van der Waals surface area contributed by atoms with Crippen LogP contribution >= 0.6 is 11.6 Å². The first kappa shape index (κ1) is 12.2. The van der Waals surface area contributed by atoms with Gasteiger partial charge in [0.25, 0.3) is 5.91 Å². The second-order valence-electron chi connectivity index (χ2n) is 3.66. The van der Waals surface area contributed by atoms with Gasteiger partial charge in [0.15, 0.2) is 6.10 Å². The quantitative estimate of drug-likeness (QED) is 0.782. The average molecular weight is 257 g/mol. The number of carbonyl (C=O) groups is 1. The van der Waals surface area contributed by atoms with Gasteiger partial charge >= 0.3 is 0 Å². The molecule has 1 aromatic rings. The van der Waals surface area contributed by atoms with E-state index in [9.17, 15) is 4.79 Å². The van der Waals surface area contributed by atoms with Crippen molar-refractivity contribution in [3.8, 4) is 0 Å². The monoisotopic (exact) mass is 256 g/mol. The molecule has 6 heteroatoms. The molecule has 1 unspecified atom stereocenters. The molecule has 1 atom stereocenters. The molecule has 0 radical (unpaired) electrons. The molecule has 92 valence electrons. The third-order valence-corrected chi connectivity index (χ3v) is 2.70. The number of carbonyl (C=O) groups excluding carboxylic acids is 1. The highest BCUT2D eigenvalue weighted by atomic mass is 35.5. The van der Waals surface area contributed by atoms with Gasteiger partial charge in [-0.2, -0.15) is 0 Å². The highest BCUT2D eigenvalue weighted by molar-refractivity contribution is 6.33. The molecule has 1 aliphatic heterocycles. The number of nitrogens with two attached hydrogens (primary N) is 1. The summed E-state index contributed by atoms with van der Waals surface area (Å²) in [6, 6.07) is 4.91. The van der Waals surface area contributed by atoms with E-state index >= 15 is 0 Å². The fourth-order valence-corrected chi connectivity index (χ4v) is 1.65. The maximum absolute atomic E-state index is 11.8. The minimum Gasteiger partial charge on any atom is -0.398 e. The van der Waals surface area contributed by atoms with Crippen molar-refractivity contribution >= 4 is 28.9 Å². The smallest absolute Gasteiger partial charge is 0.255 e. The van der Waals surface area contributed by atoms with Gasteiger partial charge < -0.3 is 20.5 Å². The predicted octanol–water partition coefficient (Wildman–Crippen LogP) is 1.28. The third kappa shape index (κ3) is 3.09. The minimum absolute atomic E-state index is 0.245. The van der Waals surface area contributed by atoms with Crippen molar-refractivity contribution in [2.45, 2.75) is 6.10 Å². The molecular weight excluding hydrogens is 244 g/mol. The van der Waals surface area contributed by atoms with Crippen molar-refractivity contribution < 1.29 is 14.3 Å². The molecule has 2 rings (SSSR count). The summed E-state index contributed by atoms with van der Waals surface area (Å²) in [5, 5.41) is 3.10. The molecule has 0 saturated carbocycles. The molecule has 1 aliphatic rings. The van der Waals surface area contributed by atoms with E-state index in [2.05, 4.69) is 5.32 Å². The Morgan fingerprint density at radius 2 is 2.29 bits per heavy atom. The summed E-state index contributed by atoms with van der Waals surface area (Å²) in [5.74, 6) is -0.245. The van der Waals surface area contributed by atoms with Crippen molar-refractivity contribution in [3.05, 3.63) is 23.2 Å². The van der Waals surface area contributed by atoms with Crippen LogP contribution in [-0.2, 0) is 14.3 Å². The zero-order valence-corrected chi connectivity index (χ0v) is 9.87. The number of rotatable bonds is 2. The van der Waals surface area contributed by atoms with Crippen LogP contribution in [-0.4, -0.2) is 31.8 Å². The summed E-state index contributed by atoms with van der Waals surface area (Å²) in [5.41, 5.74) is 6.63. The zero-order chi connectivity index (χ0) is 12.3. The Morgan fingerprint density at radius 1 is 1.47 bits per heavy atom. The molecule has 0 spiro atoms. The summed E-state index contributed by atoms with van der Waals surface area (Å²) < 4.78 is 10.4. The highest BCUT2D eigenvalue weighted by Gasteiger charge is 2.22. The van der Waals surface area contributed by atoms with Gasteiger partial charge in [0.05, 0.1) is 30.5 Å². The van der Waals surface area contributed by atoms with Crippen molar-refractivity contribution in [2.24, 2.45) is 0 Å². The van der Waals surface area contributed by atoms with Gasteiger partial charge in [0.1, 0.15) is 0 Å². The van der Waals surface area contributed by atoms with Crippen LogP contribution < -0.4 is 11.1 Å². The lowest BCUT2D eigenvalue weighted by atomic mass is 10.2. The Balaban J connectivity index is 1.99. The Bertz CT molecular complexity index is 419. The van der Waals surface area contributed by atoms with Crippen LogP contribution in [0.5, 0.6) is 0 Å². The zero-order valence-electron chi connectivity index (χ0n) is 9.11. The number of nitrogen functional groups attached to an aromatic ring is 1. The predicted molar refractivity (Wildman–Crippen MR) is 65.1 cm³/mol. The number of anilines is 2. The highest BCUT2D eigenvalue weighted by Crippen LogP contribution is 2.22. The standard InChI is InChI=1S/C11H13ClN2O3/c12-8-5-7(1-2-9(8)13)14-11(15)10-6-16-3-4-17-10/h1-2,5,10H,3-4,6,13H2,(H,14,15). The number of hydrogen-bond donors (Lipinski definition) is 2. The van der Waals surface area contributed by atoms with E-state index in [1.165, 1.54) is 0 Å². The van der Waals surface area contributed by atoms with Crippen LogP contribution in [0.3, 0.4) is 0 Å². The molecule has 1 heterocycles. The van der Waals surface area contributed by atoms with E-state index in [-0.39, 0.29) is 12.5 Å². The molecule has 0 aliphatic carbocycles. The topological polar surface area (TPSA) is 73.6 Å². The lowest BCUT2D eigenvalue weighted by molar-refractivity contribution is -0.142. The fourth-order valence-electron chi connectivity index (χ4n) is 1.47. The maximum Gasteiger partial charge on any atom is 0.255 e. The van der Waals surface area contributed by atoms with Crippen molar-refractivity contribution in [1.29, 1.82) is 0 Å². The minimum atomic E-state index is -0.569. The maximum atomic E-state index is 11.8. The van der Waals surface area contributed by atoms with E-state index in [0.717, 1.165) is 0 Å². The summed E-state index contributed by atoms with van der Waals surface area (Å²) in [4.78, 5) is 11.8.